The van der Waals surface area contributed by atoms with Crippen molar-refractivity contribution in [2.24, 2.45) is 0 Å². The molecule has 2 nitrogen and oxygen atoms in total. The third-order valence-corrected chi connectivity index (χ3v) is 3.19. The van der Waals surface area contributed by atoms with Crippen LogP contribution in [0, 0.1) is 17.5 Å². The van der Waals surface area contributed by atoms with Gasteiger partial charge < -0.3 is 10.4 Å². The minimum Gasteiger partial charge on any atom is -0.506 e. The summed E-state index contributed by atoms with van der Waals surface area (Å²) in [5.41, 5.74) is 0.330. The molecule has 2 aromatic carbocycles. The number of rotatable bonds is 3. The molecule has 100 valence electrons. The van der Waals surface area contributed by atoms with Crippen LogP contribution in [-0.2, 0) is 6.54 Å². The van der Waals surface area contributed by atoms with Gasteiger partial charge >= 0.3 is 0 Å². The molecule has 0 spiro atoms. The van der Waals surface area contributed by atoms with Crippen LogP contribution in [0.25, 0.3) is 0 Å². The van der Waals surface area contributed by atoms with Crippen molar-refractivity contribution in [3.05, 3.63) is 57.8 Å². The second-order valence-electron chi connectivity index (χ2n) is 3.85. The Balaban J connectivity index is 2.19. The normalized spacial score (nSPS) is 10.5. The van der Waals surface area contributed by atoms with Gasteiger partial charge in [-0.3, -0.25) is 0 Å². The van der Waals surface area contributed by atoms with Gasteiger partial charge in [0, 0.05) is 24.2 Å². The summed E-state index contributed by atoms with van der Waals surface area (Å²) in [4.78, 5) is 0. The number of anilines is 1. The van der Waals surface area contributed by atoms with E-state index >= 15 is 0 Å². The van der Waals surface area contributed by atoms with Gasteiger partial charge in [0.15, 0.2) is 11.6 Å². The van der Waals surface area contributed by atoms with Gasteiger partial charge in [-0.05, 0) is 22.0 Å². The molecule has 6 heteroatoms. The molecule has 0 saturated heterocycles. The van der Waals surface area contributed by atoms with E-state index in [9.17, 15) is 18.3 Å². The van der Waals surface area contributed by atoms with Crippen molar-refractivity contribution >= 4 is 21.6 Å². The SMILES string of the molecule is Oc1c(Br)cccc1CNc1cc(F)c(F)cc1F. The molecule has 0 heterocycles. The monoisotopic (exact) mass is 331 g/mol. The number of hydrogen-bond donors (Lipinski definition) is 2. The van der Waals surface area contributed by atoms with Crippen molar-refractivity contribution in [1.82, 2.24) is 0 Å². The minimum atomic E-state index is -1.24. The van der Waals surface area contributed by atoms with Gasteiger partial charge in [-0.1, -0.05) is 12.1 Å². The number of nitrogens with one attached hydrogen (secondary N) is 1. The minimum absolute atomic E-state index is 0.0120. The van der Waals surface area contributed by atoms with E-state index < -0.39 is 17.5 Å². The first-order valence-electron chi connectivity index (χ1n) is 5.34. The van der Waals surface area contributed by atoms with Crippen LogP contribution in [0.2, 0.25) is 0 Å². The molecule has 0 aliphatic rings. The Morgan fingerprint density at radius 1 is 1.05 bits per heavy atom. The van der Waals surface area contributed by atoms with E-state index in [-0.39, 0.29) is 18.0 Å². The van der Waals surface area contributed by atoms with E-state index in [1.807, 2.05) is 0 Å². The van der Waals surface area contributed by atoms with Crippen LogP contribution in [0.1, 0.15) is 5.56 Å². The topological polar surface area (TPSA) is 32.3 Å². The molecule has 19 heavy (non-hydrogen) atoms. The van der Waals surface area contributed by atoms with Gasteiger partial charge in [-0.2, -0.15) is 0 Å². The second-order valence-corrected chi connectivity index (χ2v) is 4.70. The Hall–Kier alpha value is -1.69. The first kappa shape index (κ1) is 13.7. The highest BCUT2D eigenvalue weighted by Crippen LogP contribution is 2.28. The van der Waals surface area contributed by atoms with E-state index in [1.54, 1.807) is 18.2 Å². The summed E-state index contributed by atoms with van der Waals surface area (Å²) < 4.78 is 39.6. The molecule has 0 aliphatic carbocycles. The van der Waals surface area contributed by atoms with Crippen LogP contribution in [0.4, 0.5) is 18.9 Å². The smallest absolute Gasteiger partial charge is 0.161 e. The van der Waals surface area contributed by atoms with Gasteiger partial charge in [0.2, 0.25) is 0 Å². The number of phenolic OH excluding ortho intramolecular Hbond substituents is 1. The molecule has 0 unspecified atom stereocenters. The summed E-state index contributed by atoms with van der Waals surface area (Å²) in [5, 5.41) is 12.3. The quantitative estimate of drug-likeness (QED) is 0.827. The van der Waals surface area contributed by atoms with Gasteiger partial charge in [0.25, 0.3) is 0 Å². The first-order valence-corrected chi connectivity index (χ1v) is 6.13. The number of para-hydroxylation sites is 1. The molecular weight excluding hydrogens is 323 g/mol. The van der Waals surface area contributed by atoms with E-state index in [0.29, 0.717) is 16.1 Å². The molecular formula is C13H9BrF3NO. The first-order chi connectivity index (χ1) is 8.99. The van der Waals surface area contributed by atoms with Crippen LogP contribution in [0.15, 0.2) is 34.8 Å². The summed E-state index contributed by atoms with van der Waals surface area (Å²) in [6.07, 6.45) is 0. The zero-order chi connectivity index (χ0) is 14.0. The Labute approximate surface area is 116 Å². The fraction of sp³-hybridized carbons (Fsp3) is 0.0769. The summed E-state index contributed by atoms with van der Waals surface area (Å²) in [5.74, 6) is -3.26. The average molecular weight is 332 g/mol. The van der Waals surface area contributed by atoms with Crippen molar-refractivity contribution < 1.29 is 18.3 Å². The van der Waals surface area contributed by atoms with Crippen molar-refractivity contribution in [3.63, 3.8) is 0 Å². The second kappa shape index (κ2) is 5.52. The predicted octanol–water partition coefficient (Wildman–Crippen LogP) is 4.18. The number of aromatic hydroxyl groups is 1. The van der Waals surface area contributed by atoms with Gasteiger partial charge in [-0.25, -0.2) is 13.2 Å². The molecule has 0 radical (unpaired) electrons. The number of phenols is 1. The molecule has 2 aromatic rings. The Bertz CT molecular complexity index is 619. The summed E-state index contributed by atoms with van der Waals surface area (Å²) in [6, 6.07) is 6.18. The van der Waals surface area contributed by atoms with E-state index in [1.165, 1.54) is 0 Å². The molecule has 0 aliphatic heterocycles. The van der Waals surface area contributed by atoms with Crippen molar-refractivity contribution in [2.45, 2.75) is 6.54 Å². The summed E-state index contributed by atoms with van der Waals surface area (Å²) in [6.45, 7) is 0.0767. The lowest BCUT2D eigenvalue weighted by atomic mass is 10.2. The Kier molecular flexibility index (Phi) is 3.99. The molecule has 2 N–H and O–H groups in total. The van der Waals surface area contributed by atoms with Crippen molar-refractivity contribution in [2.75, 3.05) is 5.32 Å². The van der Waals surface area contributed by atoms with Crippen LogP contribution in [-0.4, -0.2) is 5.11 Å². The fourth-order valence-corrected chi connectivity index (χ4v) is 1.96. The predicted molar refractivity (Wildman–Crippen MR) is 69.4 cm³/mol. The van der Waals surface area contributed by atoms with Gasteiger partial charge in [-0.15, -0.1) is 0 Å². The van der Waals surface area contributed by atoms with Gasteiger partial charge in [0.1, 0.15) is 11.6 Å². The van der Waals surface area contributed by atoms with Crippen molar-refractivity contribution in [1.29, 1.82) is 0 Å². The Morgan fingerprint density at radius 3 is 2.47 bits per heavy atom. The van der Waals surface area contributed by atoms with Gasteiger partial charge in [0.05, 0.1) is 10.2 Å². The molecule has 0 amide bonds. The van der Waals surface area contributed by atoms with E-state index in [0.717, 1.165) is 6.07 Å². The van der Waals surface area contributed by atoms with Crippen LogP contribution >= 0.6 is 15.9 Å². The maximum absolute atomic E-state index is 13.4. The lowest BCUT2D eigenvalue weighted by Gasteiger charge is -2.10. The molecule has 0 bridgehead atoms. The largest absolute Gasteiger partial charge is 0.506 e. The third kappa shape index (κ3) is 3.01. The Morgan fingerprint density at radius 2 is 1.74 bits per heavy atom. The summed E-state index contributed by atoms with van der Waals surface area (Å²) in [7, 11) is 0. The van der Waals surface area contributed by atoms with E-state index in [4.69, 9.17) is 0 Å². The zero-order valence-electron chi connectivity index (χ0n) is 9.55. The molecule has 0 saturated carbocycles. The number of halogens is 4. The molecule has 0 aromatic heterocycles. The number of benzene rings is 2. The summed E-state index contributed by atoms with van der Waals surface area (Å²) >= 11 is 3.15. The zero-order valence-corrected chi connectivity index (χ0v) is 11.1. The lowest BCUT2D eigenvalue weighted by molar-refractivity contribution is 0.465. The highest BCUT2D eigenvalue weighted by Gasteiger charge is 2.10. The highest BCUT2D eigenvalue weighted by molar-refractivity contribution is 9.10. The molecule has 0 fully saturated rings. The highest BCUT2D eigenvalue weighted by atomic mass is 79.9. The molecule has 0 atom stereocenters. The number of hydrogen-bond acceptors (Lipinski definition) is 2. The molecule has 2 rings (SSSR count). The lowest BCUT2D eigenvalue weighted by Crippen LogP contribution is -2.03. The van der Waals surface area contributed by atoms with Crippen LogP contribution < -0.4 is 5.32 Å². The van der Waals surface area contributed by atoms with Crippen LogP contribution in [0.5, 0.6) is 5.75 Å². The fourth-order valence-electron chi connectivity index (χ4n) is 1.55. The third-order valence-electron chi connectivity index (χ3n) is 2.55. The van der Waals surface area contributed by atoms with E-state index in [2.05, 4.69) is 21.2 Å². The van der Waals surface area contributed by atoms with Crippen LogP contribution in [0.3, 0.4) is 0 Å². The van der Waals surface area contributed by atoms with Crippen molar-refractivity contribution in [3.8, 4) is 5.75 Å². The maximum Gasteiger partial charge on any atom is 0.161 e. The maximum atomic E-state index is 13.4. The average Bonchev–Trinajstić information content (AvgIpc) is 2.37. The standard InChI is InChI=1S/C13H9BrF3NO/c14-8-3-1-2-7(13(8)19)6-18-12-5-10(16)9(15)4-11(12)17/h1-5,18-19H,6H2.